The monoisotopic (exact) mass is 550 g/mol. The van der Waals surface area contributed by atoms with Crippen molar-refractivity contribution < 1.29 is 13.3 Å². The molecule has 0 unspecified atom stereocenters. The Morgan fingerprint density at radius 1 is 0.372 bits per heavy atom. The molecule has 200 valence electrons. The lowest BCUT2D eigenvalue weighted by molar-refractivity contribution is 0.617. The van der Waals surface area contributed by atoms with E-state index >= 15 is 0 Å². The van der Waals surface area contributed by atoms with Crippen LogP contribution in [-0.2, 0) is 0 Å². The SMILES string of the molecule is c1ccc2c(c1)oc1c(-c3c4ccccc4c(-c4c5occc5cc5oc6ccccc6c45)c4ccccc34)cccc12. The van der Waals surface area contributed by atoms with Gasteiger partial charge >= 0.3 is 0 Å². The average molecular weight is 551 g/mol. The maximum absolute atomic E-state index is 6.57. The van der Waals surface area contributed by atoms with Crippen LogP contribution in [0, 0.1) is 0 Å². The van der Waals surface area contributed by atoms with Gasteiger partial charge in [-0.05, 0) is 45.8 Å². The highest BCUT2D eigenvalue weighted by atomic mass is 16.3. The van der Waals surface area contributed by atoms with Crippen molar-refractivity contribution in [2.75, 3.05) is 0 Å². The average Bonchev–Trinajstić information content (AvgIpc) is 3.78. The molecule has 3 nitrogen and oxygen atoms in total. The maximum Gasteiger partial charge on any atom is 0.143 e. The van der Waals surface area contributed by atoms with Crippen LogP contribution in [0.15, 0.2) is 147 Å². The third-order valence-electron chi connectivity index (χ3n) is 8.94. The minimum atomic E-state index is 0.856. The lowest BCUT2D eigenvalue weighted by Crippen LogP contribution is -1.92. The van der Waals surface area contributed by atoms with Crippen LogP contribution in [0.3, 0.4) is 0 Å². The van der Waals surface area contributed by atoms with Crippen molar-refractivity contribution >= 4 is 76.4 Å². The summed E-state index contributed by atoms with van der Waals surface area (Å²) in [5, 5.41) is 10.0. The third-order valence-corrected chi connectivity index (χ3v) is 8.94. The van der Waals surface area contributed by atoms with E-state index in [1.54, 1.807) is 6.26 Å². The zero-order valence-corrected chi connectivity index (χ0v) is 22.9. The Labute approximate surface area is 245 Å². The zero-order valence-electron chi connectivity index (χ0n) is 22.9. The first-order valence-corrected chi connectivity index (χ1v) is 14.5. The molecule has 7 aromatic carbocycles. The quantitative estimate of drug-likeness (QED) is 0.201. The largest absolute Gasteiger partial charge is 0.464 e. The number of fused-ring (bicyclic) bond motifs is 9. The first-order chi connectivity index (χ1) is 21.3. The fourth-order valence-corrected chi connectivity index (χ4v) is 7.19. The van der Waals surface area contributed by atoms with Gasteiger partial charge in [0.05, 0.1) is 6.26 Å². The molecular formula is C40H22O3. The van der Waals surface area contributed by atoms with Crippen LogP contribution in [0.4, 0.5) is 0 Å². The fourth-order valence-electron chi connectivity index (χ4n) is 7.19. The Bertz CT molecular complexity index is 2680. The summed E-state index contributed by atoms with van der Waals surface area (Å²) in [6.07, 6.45) is 1.77. The third kappa shape index (κ3) is 3.03. The number of hydrogen-bond acceptors (Lipinski definition) is 3. The van der Waals surface area contributed by atoms with Crippen molar-refractivity contribution in [1.29, 1.82) is 0 Å². The lowest BCUT2D eigenvalue weighted by atomic mass is 9.84. The van der Waals surface area contributed by atoms with Crippen LogP contribution in [-0.4, -0.2) is 0 Å². The standard InChI is InChI=1S/C40H22O3/c1-3-13-27-25(11-1)35(31-17-9-16-29-24-10-5-7-18-32(24)43-40(29)31)26-12-2-4-14-28(26)36(27)38-37-30-15-6-8-19-33(30)42-34(37)22-23-20-21-41-39(23)38/h1-22H. The predicted molar refractivity (Wildman–Crippen MR) is 177 cm³/mol. The molecule has 0 fully saturated rings. The molecular weight excluding hydrogens is 528 g/mol. The number of rotatable bonds is 2. The van der Waals surface area contributed by atoms with Crippen LogP contribution in [0.1, 0.15) is 0 Å². The Hall–Kier alpha value is -5.80. The lowest BCUT2D eigenvalue weighted by Gasteiger charge is -2.18. The topological polar surface area (TPSA) is 39.4 Å². The summed E-state index contributed by atoms with van der Waals surface area (Å²) in [7, 11) is 0. The van der Waals surface area contributed by atoms with Crippen LogP contribution < -0.4 is 0 Å². The van der Waals surface area contributed by atoms with Crippen molar-refractivity contribution in [2.45, 2.75) is 0 Å². The minimum absolute atomic E-state index is 0.856. The van der Waals surface area contributed by atoms with Crippen LogP contribution in [0.25, 0.3) is 98.6 Å². The molecule has 0 N–H and O–H groups in total. The van der Waals surface area contributed by atoms with E-state index in [-0.39, 0.29) is 0 Å². The second-order valence-electron chi connectivity index (χ2n) is 11.2. The normalized spacial score (nSPS) is 12.2. The molecule has 10 rings (SSSR count). The molecule has 10 aromatic rings. The van der Waals surface area contributed by atoms with Gasteiger partial charge in [-0.15, -0.1) is 0 Å². The van der Waals surface area contributed by atoms with Crippen molar-refractivity contribution in [3.05, 3.63) is 134 Å². The molecule has 3 heteroatoms. The summed E-state index contributed by atoms with van der Waals surface area (Å²) in [5.74, 6) is 0. The molecule has 0 amide bonds. The van der Waals surface area contributed by atoms with Crippen LogP contribution in [0.5, 0.6) is 0 Å². The molecule has 0 spiro atoms. The summed E-state index contributed by atoms with van der Waals surface area (Å²) < 4.78 is 19.3. The molecule has 3 aromatic heterocycles. The molecule has 3 heterocycles. The number of furan rings is 3. The predicted octanol–water partition coefficient (Wildman–Crippen LogP) is 11.9. The van der Waals surface area contributed by atoms with Gasteiger partial charge in [-0.25, -0.2) is 0 Å². The fraction of sp³-hybridized carbons (Fsp3) is 0. The van der Waals surface area contributed by atoms with Gasteiger partial charge in [0.2, 0.25) is 0 Å². The summed E-state index contributed by atoms with van der Waals surface area (Å²) in [4.78, 5) is 0. The van der Waals surface area contributed by atoms with E-state index in [2.05, 4.69) is 97.1 Å². The van der Waals surface area contributed by atoms with Gasteiger partial charge in [-0.2, -0.15) is 0 Å². The summed E-state index contributed by atoms with van der Waals surface area (Å²) in [6, 6.07) is 44.6. The summed E-state index contributed by atoms with van der Waals surface area (Å²) in [6.45, 7) is 0. The van der Waals surface area contributed by atoms with E-state index < -0.39 is 0 Å². The first-order valence-electron chi connectivity index (χ1n) is 14.5. The van der Waals surface area contributed by atoms with Crippen LogP contribution in [0.2, 0.25) is 0 Å². The second kappa shape index (κ2) is 8.37. The molecule has 0 bridgehead atoms. The molecule has 0 radical (unpaired) electrons. The second-order valence-corrected chi connectivity index (χ2v) is 11.2. The van der Waals surface area contributed by atoms with E-state index in [9.17, 15) is 0 Å². The summed E-state index contributed by atoms with van der Waals surface area (Å²) in [5.41, 5.74) is 8.84. The van der Waals surface area contributed by atoms with Gasteiger partial charge in [0.1, 0.15) is 27.9 Å². The summed E-state index contributed by atoms with van der Waals surface area (Å²) >= 11 is 0. The van der Waals surface area contributed by atoms with E-state index in [0.29, 0.717) is 0 Å². The van der Waals surface area contributed by atoms with Gasteiger partial charge in [0, 0.05) is 49.2 Å². The molecule has 43 heavy (non-hydrogen) atoms. The Morgan fingerprint density at radius 2 is 0.953 bits per heavy atom. The van der Waals surface area contributed by atoms with E-state index in [4.69, 9.17) is 13.3 Å². The number of hydrogen-bond donors (Lipinski definition) is 0. The number of benzene rings is 7. The highest BCUT2D eigenvalue weighted by Crippen LogP contribution is 2.50. The minimum Gasteiger partial charge on any atom is -0.464 e. The molecule has 0 aliphatic rings. The number of para-hydroxylation sites is 3. The smallest absolute Gasteiger partial charge is 0.143 e. The van der Waals surface area contributed by atoms with Gasteiger partial charge in [-0.1, -0.05) is 103 Å². The van der Waals surface area contributed by atoms with Crippen molar-refractivity contribution in [1.82, 2.24) is 0 Å². The van der Waals surface area contributed by atoms with Crippen molar-refractivity contribution in [2.24, 2.45) is 0 Å². The van der Waals surface area contributed by atoms with Gasteiger partial charge in [0.25, 0.3) is 0 Å². The van der Waals surface area contributed by atoms with Crippen molar-refractivity contribution in [3.8, 4) is 22.3 Å². The first kappa shape index (κ1) is 22.8. The van der Waals surface area contributed by atoms with Crippen LogP contribution >= 0.6 is 0 Å². The van der Waals surface area contributed by atoms with E-state index in [1.807, 2.05) is 30.3 Å². The zero-order chi connectivity index (χ0) is 28.1. The molecule has 0 saturated heterocycles. The highest BCUT2D eigenvalue weighted by Gasteiger charge is 2.25. The van der Waals surface area contributed by atoms with Gasteiger partial charge in [0.15, 0.2) is 0 Å². The maximum atomic E-state index is 6.57. The molecule has 0 aliphatic carbocycles. The Morgan fingerprint density at radius 3 is 1.67 bits per heavy atom. The van der Waals surface area contributed by atoms with Gasteiger partial charge in [-0.3, -0.25) is 0 Å². The van der Waals surface area contributed by atoms with E-state index in [1.165, 1.54) is 5.56 Å². The molecule has 0 atom stereocenters. The highest BCUT2D eigenvalue weighted by molar-refractivity contribution is 6.30. The Balaban J connectivity index is 1.43. The van der Waals surface area contributed by atoms with Crippen molar-refractivity contribution in [3.63, 3.8) is 0 Å². The molecule has 0 aliphatic heterocycles. The Kier molecular flexibility index (Phi) is 4.45. The molecule has 0 saturated carbocycles. The van der Waals surface area contributed by atoms with E-state index in [0.717, 1.165) is 93.1 Å². The van der Waals surface area contributed by atoms with Gasteiger partial charge < -0.3 is 13.3 Å².